The predicted octanol–water partition coefficient (Wildman–Crippen LogP) is 3.37. The average Bonchev–Trinajstić information content (AvgIpc) is 3.36. The molecule has 4 rings (SSSR count). The Labute approximate surface area is 161 Å². The Balaban J connectivity index is 0.00000196. The summed E-state index contributed by atoms with van der Waals surface area (Å²) in [7, 11) is 0. The first-order valence-electron chi connectivity index (χ1n) is 9.16. The zero-order valence-electron chi connectivity index (χ0n) is 15.4. The van der Waals surface area contributed by atoms with Crippen molar-refractivity contribution in [3.63, 3.8) is 0 Å². The molecule has 0 spiro atoms. The molecule has 2 aliphatic rings. The number of nitrogens with two attached hydrogens (primary N) is 1. The van der Waals surface area contributed by atoms with Gasteiger partial charge in [0.1, 0.15) is 5.69 Å². The van der Waals surface area contributed by atoms with Gasteiger partial charge in [0.15, 0.2) is 0 Å². The number of piperidine rings is 1. The molecule has 1 aromatic heterocycles. The summed E-state index contributed by atoms with van der Waals surface area (Å²) in [6.07, 6.45) is 3.18. The van der Waals surface area contributed by atoms with Crippen LogP contribution in [0.3, 0.4) is 0 Å². The summed E-state index contributed by atoms with van der Waals surface area (Å²) in [6.45, 7) is 5.68. The predicted molar refractivity (Wildman–Crippen MR) is 105 cm³/mol. The Hall–Kier alpha value is -1.85. The molecule has 0 radical (unpaired) electrons. The van der Waals surface area contributed by atoms with Crippen molar-refractivity contribution in [3.8, 4) is 5.69 Å². The van der Waals surface area contributed by atoms with Gasteiger partial charge in [0.05, 0.1) is 11.4 Å². The maximum Gasteiger partial charge on any atom is 0.272 e. The quantitative estimate of drug-likeness (QED) is 0.895. The molecule has 1 amide bonds. The van der Waals surface area contributed by atoms with Gasteiger partial charge >= 0.3 is 0 Å². The molecule has 1 saturated heterocycles. The van der Waals surface area contributed by atoms with Crippen molar-refractivity contribution in [1.29, 1.82) is 0 Å². The molecule has 2 fully saturated rings. The van der Waals surface area contributed by atoms with Crippen LogP contribution in [0.1, 0.15) is 55.2 Å². The van der Waals surface area contributed by atoms with E-state index >= 15 is 0 Å². The second kappa shape index (κ2) is 7.05. The van der Waals surface area contributed by atoms with E-state index < -0.39 is 0 Å². The first-order chi connectivity index (χ1) is 12.0. The summed E-state index contributed by atoms with van der Waals surface area (Å²) in [5, 5.41) is 4.75. The zero-order chi connectivity index (χ0) is 17.6. The molecule has 1 aliphatic carbocycles. The summed E-state index contributed by atoms with van der Waals surface area (Å²) in [6, 6.07) is 12.1. The van der Waals surface area contributed by atoms with Gasteiger partial charge in [-0.2, -0.15) is 5.10 Å². The van der Waals surface area contributed by atoms with E-state index in [9.17, 15) is 4.79 Å². The highest BCUT2D eigenvalue weighted by Crippen LogP contribution is 2.40. The zero-order valence-corrected chi connectivity index (χ0v) is 16.2. The van der Waals surface area contributed by atoms with Crippen LogP contribution < -0.4 is 5.73 Å². The first kappa shape index (κ1) is 18.9. The number of likely N-dealkylation sites (tertiary alicyclic amines) is 1. The number of halogens is 1. The molecular weight excluding hydrogens is 348 g/mol. The Kier molecular flexibility index (Phi) is 5.13. The van der Waals surface area contributed by atoms with Crippen molar-refractivity contribution < 1.29 is 4.79 Å². The smallest absolute Gasteiger partial charge is 0.272 e. The SMILES string of the molecule is CC1(C)CN(C(=O)c2cc(C3CC3)nn2-c2ccccc2)CCC1N.Cl. The van der Waals surface area contributed by atoms with Crippen LogP contribution in [0.5, 0.6) is 0 Å². The van der Waals surface area contributed by atoms with Crippen LogP contribution in [-0.2, 0) is 0 Å². The first-order valence-corrected chi connectivity index (χ1v) is 9.16. The summed E-state index contributed by atoms with van der Waals surface area (Å²) in [5.41, 5.74) is 8.81. The van der Waals surface area contributed by atoms with Crippen molar-refractivity contribution in [2.24, 2.45) is 11.1 Å². The van der Waals surface area contributed by atoms with Crippen LogP contribution in [0.25, 0.3) is 5.69 Å². The highest BCUT2D eigenvalue weighted by atomic mass is 35.5. The molecular formula is C20H27ClN4O. The molecule has 2 N–H and O–H groups in total. The Bertz CT molecular complexity index is 782. The number of rotatable bonds is 3. The Morgan fingerprint density at radius 2 is 1.88 bits per heavy atom. The van der Waals surface area contributed by atoms with E-state index in [0.717, 1.165) is 17.8 Å². The molecule has 5 nitrogen and oxygen atoms in total. The number of carbonyl (C=O) groups excluding carboxylic acids is 1. The van der Waals surface area contributed by atoms with Crippen molar-refractivity contribution in [2.45, 2.75) is 45.1 Å². The van der Waals surface area contributed by atoms with Crippen LogP contribution in [-0.4, -0.2) is 39.7 Å². The van der Waals surface area contributed by atoms with Gasteiger partial charge in [0.25, 0.3) is 5.91 Å². The van der Waals surface area contributed by atoms with Crippen molar-refractivity contribution in [2.75, 3.05) is 13.1 Å². The van der Waals surface area contributed by atoms with Crippen LogP contribution in [0, 0.1) is 5.41 Å². The highest BCUT2D eigenvalue weighted by molar-refractivity contribution is 5.93. The van der Waals surface area contributed by atoms with Gasteiger partial charge in [-0.3, -0.25) is 4.79 Å². The van der Waals surface area contributed by atoms with Crippen LogP contribution in [0.4, 0.5) is 0 Å². The second-order valence-electron chi connectivity index (χ2n) is 8.09. The molecule has 1 aromatic carbocycles. The minimum Gasteiger partial charge on any atom is -0.337 e. The van der Waals surface area contributed by atoms with Gasteiger partial charge in [0, 0.05) is 25.0 Å². The molecule has 2 heterocycles. The van der Waals surface area contributed by atoms with Crippen molar-refractivity contribution in [1.82, 2.24) is 14.7 Å². The van der Waals surface area contributed by atoms with Gasteiger partial charge in [-0.15, -0.1) is 12.4 Å². The molecule has 1 atom stereocenters. The van der Waals surface area contributed by atoms with Crippen LogP contribution >= 0.6 is 12.4 Å². The van der Waals surface area contributed by atoms with Crippen LogP contribution in [0.2, 0.25) is 0 Å². The number of amides is 1. The molecule has 26 heavy (non-hydrogen) atoms. The maximum atomic E-state index is 13.3. The van der Waals surface area contributed by atoms with E-state index in [2.05, 4.69) is 13.8 Å². The largest absolute Gasteiger partial charge is 0.337 e. The minimum atomic E-state index is -0.0647. The standard InChI is InChI=1S/C20H26N4O.ClH/c1-20(2)13-23(11-10-18(20)21)19(25)17-12-16(14-8-9-14)22-24(17)15-6-4-3-5-7-15;/h3-7,12,14,18H,8-11,13,21H2,1-2H3;1H. The molecule has 140 valence electrons. The van der Waals surface area contributed by atoms with Crippen LogP contribution in [0.15, 0.2) is 36.4 Å². The van der Waals surface area contributed by atoms with Crippen molar-refractivity contribution in [3.05, 3.63) is 47.8 Å². The molecule has 1 unspecified atom stereocenters. The lowest BCUT2D eigenvalue weighted by molar-refractivity contribution is 0.0524. The van der Waals surface area contributed by atoms with E-state index in [4.69, 9.17) is 10.8 Å². The van der Waals surface area contributed by atoms with Gasteiger partial charge < -0.3 is 10.6 Å². The Morgan fingerprint density at radius 1 is 1.19 bits per heavy atom. The fourth-order valence-electron chi connectivity index (χ4n) is 3.61. The van der Waals surface area contributed by atoms with Crippen molar-refractivity contribution >= 4 is 18.3 Å². The second-order valence-corrected chi connectivity index (χ2v) is 8.09. The van der Waals surface area contributed by atoms with Gasteiger partial charge in [-0.05, 0) is 42.9 Å². The number of para-hydroxylation sites is 1. The summed E-state index contributed by atoms with van der Waals surface area (Å²) in [5.74, 6) is 0.575. The molecule has 6 heteroatoms. The molecule has 2 aromatic rings. The van der Waals surface area contributed by atoms with E-state index in [1.54, 1.807) is 0 Å². The summed E-state index contributed by atoms with van der Waals surface area (Å²) in [4.78, 5) is 15.2. The molecule has 0 bridgehead atoms. The van der Waals surface area contributed by atoms with Gasteiger partial charge in [0.2, 0.25) is 0 Å². The van der Waals surface area contributed by atoms with E-state index in [0.29, 0.717) is 24.7 Å². The lowest BCUT2D eigenvalue weighted by atomic mass is 9.79. The number of carbonyl (C=O) groups is 1. The normalized spacial score (nSPS) is 22.0. The molecule has 1 saturated carbocycles. The van der Waals surface area contributed by atoms with E-state index in [-0.39, 0.29) is 29.8 Å². The lowest BCUT2D eigenvalue weighted by Gasteiger charge is -2.42. The third-order valence-electron chi connectivity index (χ3n) is 5.54. The van der Waals surface area contributed by atoms with E-state index in [1.165, 1.54) is 12.8 Å². The number of aromatic nitrogens is 2. The average molecular weight is 375 g/mol. The highest BCUT2D eigenvalue weighted by Gasteiger charge is 2.37. The van der Waals surface area contributed by atoms with Gasteiger partial charge in [-0.1, -0.05) is 32.0 Å². The monoisotopic (exact) mass is 374 g/mol. The third-order valence-corrected chi connectivity index (χ3v) is 5.54. The molecule has 1 aliphatic heterocycles. The minimum absolute atomic E-state index is 0. The summed E-state index contributed by atoms with van der Waals surface area (Å²) < 4.78 is 1.82. The summed E-state index contributed by atoms with van der Waals surface area (Å²) >= 11 is 0. The number of benzene rings is 1. The maximum absolute atomic E-state index is 13.3. The number of nitrogens with zero attached hydrogens (tertiary/aromatic N) is 3. The topological polar surface area (TPSA) is 64.2 Å². The van der Waals surface area contributed by atoms with E-state index in [1.807, 2.05) is 46.0 Å². The number of hydrogen-bond donors (Lipinski definition) is 1. The lowest BCUT2D eigenvalue weighted by Crippen LogP contribution is -2.54. The van der Waals surface area contributed by atoms with Gasteiger partial charge in [-0.25, -0.2) is 4.68 Å². The Morgan fingerprint density at radius 3 is 2.50 bits per heavy atom. The fourth-order valence-corrected chi connectivity index (χ4v) is 3.61. The fraction of sp³-hybridized carbons (Fsp3) is 0.500. The third kappa shape index (κ3) is 3.51. The number of hydrogen-bond acceptors (Lipinski definition) is 3.